The highest BCUT2D eigenvalue weighted by Crippen LogP contribution is 2.26. The summed E-state index contributed by atoms with van der Waals surface area (Å²) >= 11 is 0. The lowest BCUT2D eigenvalue weighted by Gasteiger charge is -2.21. The van der Waals surface area contributed by atoms with Crippen LogP contribution in [-0.2, 0) is 12.8 Å². The first kappa shape index (κ1) is 11.6. The number of nitrogens with two attached hydrogens (primary N) is 1. The largest absolute Gasteiger partial charge is 0.323 e. The summed E-state index contributed by atoms with van der Waals surface area (Å²) in [6.07, 6.45) is 8.38. The number of unbranched alkanes of at least 4 members (excludes halogenated alkanes) is 2. The van der Waals surface area contributed by atoms with Gasteiger partial charge in [-0.1, -0.05) is 25.8 Å². The lowest BCUT2D eigenvalue weighted by atomic mass is 9.92. The second-order valence-corrected chi connectivity index (χ2v) is 4.80. The van der Waals surface area contributed by atoms with Gasteiger partial charge in [-0.2, -0.15) is 0 Å². The fraction of sp³-hybridized carbons (Fsp3) is 0.643. The third-order valence-corrected chi connectivity index (χ3v) is 3.42. The van der Waals surface area contributed by atoms with E-state index in [0.29, 0.717) is 0 Å². The van der Waals surface area contributed by atoms with Gasteiger partial charge >= 0.3 is 0 Å². The second-order valence-electron chi connectivity index (χ2n) is 4.80. The molecular formula is C14H22N2. The third-order valence-electron chi connectivity index (χ3n) is 3.42. The molecule has 0 fully saturated rings. The molecule has 2 heteroatoms. The average molecular weight is 218 g/mol. The molecular weight excluding hydrogens is 196 g/mol. The Morgan fingerprint density at radius 2 is 2.25 bits per heavy atom. The van der Waals surface area contributed by atoms with Gasteiger partial charge in [-0.25, -0.2) is 0 Å². The minimum Gasteiger partial charge on any atom is -0.323 e. The summed E-state index contributed by atoms with van der Waals surface area (Å²) in [6.45, 7) is 2.23. The van der Waals surface area contributed by atoms with E-state index in [1.807, 2.05) is 0 Å². The summed E-state index contributed by atoms with van der Waals surface area (Å²) in [5.41, 5.74) is 9.87. The molecule has 1 aliphatic rings. The summed E-state index contributed by atoms with van der Waals surface area (Å²) in [4.78, 5) is 4.74. The molecule has 0 saturated carbocycles. The van der Waals surface area contributed by atoms with Crippen LogP contribution in [0.3, 0.4) is 0 Å². The van der Waals surface area contributed by atoms with E-state index in [9.17, 15) is 0 Å². The van der Waals surface area contributed by atoms with Gasteiger partial charge in [0.15, 0.2) is 0 Å². The molecule has 2 nitrogen and oxygen atoms in total. The van der Waals surface area contributed by atoms with E-state index in [1.54, 1.807) is 0 Å². The normalized spacial score (nSPS) is 19.5. The molecule has 1 heterocycles. The molecule has 1 unspecified atom stereocenters. The van der Waals surface area contributed by atoms with Crippen LogP contribution in [0, 0.1) is 0 Å². The molecule has 1 aliphatic carbocycles. The Morgan fingerprint density at radius 3 is 3.06 bits per heavy atom. The van der Waals surface area contributed by atoms with Gasteiger partial charge in [0.2, 0.25) is 0 Å². The smallest absolute Gasteiger partial charge is 0.0606 e. The summed E-state index contributed by atoms with van der Waals surface area (Å²) in [5, 5.41) is 0. The SMILES string of the molecule is CCCCCc1ccc2c(n1)C(N)CCC2. The van der Waals surface area contributed by atoms with Crippen LogP contribution in [0.4, 0.5) is 0 Å². The van der Waals surface area contributed by atoms with Crippen LogP contribution in [0.1, 0.15) is 62.0 Å². The van der Waals surface area contributed by atoms with Gasteiger partial charge in [0, 0.05) is 11.7 Å². The van der Waals surface area contributed by atoms with Crippen molar-refractivity contribution in [2.45, 2.75) is 57.9 Å². The maximum atomic E-state index is 6.11. The van der Waals surface area contributed by atoms with E-state index in [1.165, 1.54) is 42.6 Å². The molecule has 0 aromatic carbocycles. The average Bonchev–Trinajstić information content (AvgIpc) is 2.30. The van der Waals surface area contributed by atoms with Gasteiger partial charge in [-0.15, -0.1) is 0 Å². The summed E-state index contributed by atoms with van der Waals surface area (Å²) in [6, 6.07) is 4.60. The van der Waals surface area contributed by atoms with Crippen LogP contribution in [-0.4, -0.2) is 4.98 Å². The number of rotatable bonds is 4. The Balaban J connectivity index is 2.08. The number of nitrogens with zero attached hydrogens (tertiary/aromatic N) is 1. The lowest BCUT2D eigenvalue weighted by molar-refractivity contribution is 0.550. The first-order chi connectivity index (χ1) is 7.81. The highest BCUT2D eigenvalue weighted by molar-refractivity contribution is 5.27. The van der Waals surface area contributed by atoms with Crippen LogP contribution < -0.4 is 5.73 Å². The van der Waals surface area contributed by atoms with E-state index in [4.69, 9.17) is 10.7 Å². The fourth-order valence-electron chi connectivity index (χ4n) is 2.42. The van der Waals surface area contributed by atoms with E-state index >= 15 is 0 Å². The van der Waals surface area contributed by atoms with Crippen molar-refractivity contribution in [2.75, 3.05) is 0 Å². The van der Waals surface area contributed by atoms with Crippen molar-refractivity contribution in [2.24, 2.45) is 5.73 Å². The summed E-state index contributed by atoms with van der Waals surface area (Å²) in [7, 11) is 0. The van der Waals surface area contributed by atoms with Crippen LogP contribution >= 0.6 is 0 Å². The van der Waals surface area contributed by atoms with Crippen molar-refractivity contribution >= 4 is 0 Å². The maximum Gasteiger partial charge on any atom is 0.0606 e. The molecule has 1 atom stereocenters. The zero-order chi connectivity index (χ0) is 11.4. The fourth-order valence-corrected chi connectivity index (χ4v) is 2.42. The molecule has 2 rings (SSSR count). The van der Waals surface area contributed by atoms with Crippen molar-refractivity contribution in [3.8, 4) is 0 Å². The molecule has 2 N–H and O–H groups in total. The highest BCUT2D eigenvalue weighted by Gasteiger charge is 2.18. The molecule has 0 radical (unpaired) electrons. The number of pyridine rings is 1. The van der Waals surface area contributed by atoms with Crippen LogP contribution in [0.5, 0.6) is 0 Å². The molecule has 0 bridgehead atoms. The maximum absolute atomic E-state index is 6.11. The summed E-state index contributed by atoms with van der Waals surface area (Å²) < 4.78 is 0. The zero-order valence-corrected chi connectivity index (χ0v) is 10.2. The Labute approximate surface area is 98.3 Å². The predicted octanol–water partition coefficient (Wildman–Crippen LogP) is 3.15. The second kappa shape index (κ2) is 5.44. The van der Waals surface area contributed by atoms with Gasteiger partial charge in [-0.3, -0.25) is 4.98 Å². The molecule has 1 aromatic heterocycles. The van der Waals surface area contributed by atoms with E-state index in [2.05, 4.69) is 19.1 Å². The van der Waals surface area contributed by atoms with Crippen LogP contribution in [0.15, 0.2) is 12.1 Å². The van der Waals surface area contributed by atoms with Crippen molar-refractivity contribution < 1.29 is 0 Å². The predicted molar refractivity (Wildman–Crippen MR) is 67.3 cm³/mol. The van der Waals surface area contributed by atoms with Crippen LogP contribution in [0.2, 0.25) is 0 Å². The number of aromatic nitrogens is 1. The Bertz CT molecular complexity index is 347. The number of hydrogen-bond acceptors (Lipinski definition) is 2. The molecule has 0 aliphatic heterocycles. The summed E-state index contributed by atoms with van der Waals surface area (Å²) in [5.74, 6) is 0. The van der Waals surface area contributed by atoms with Crippen molar-refractivity contribution in [1.82, 2.24) is 4.98 Å². The van der Waals surface area contributed by atoms with Gasteiger partial charge in [-0.05, 0) is 43.7 Å². The van der Waals surface area contributed by atoms with Crippen LogP contribution in [0.25, 0.3) is 0 Å². The van der Waals surface area contributed by atoms with Crippen molar-refractivity contribution in [3.05, 3.63) is 29.1 Å². The Hall–Kier alpha value is -0.890. The Kier molecular flexibility index (Phi) is 3.94. The van der Waals surface area contributed by atoms with E-state index < -0.39 is 0 Å². The first-order valence-corrected chi connectivity index (χ1v) is 6.55. The quantitative estimate of drug-likeness (QED) is 0.788. The first-order valence-electron chi connectivity index (χ1n) is 6.55. The zero-order valence-electron chi connectivity index (χ0n) is 10.2. The van der Waals surface area contributed by atoms with Gasteiger partial charge in [0.05, 0.1) is 5.69 Å². The topological polar surface area (TPSA) is 38.9 Å². The van der Waals surface area contributed by atoms with Gasteiger partial charge in [0.25, 0.3) is 0 Å². The van der Waals surface area contributed by atoms with Gasteiger partial charge < -0.3 is 5.73 Å². The van der Waals surface area contributed by atoms with Gasteiger partial charge in [0.1, 0.15) is 0 Å². The molecule has 1 aromatic rings. The van der Waals surface area contributed by atoms with Crippen molar-refractivity contribution in [3.63, 3.8) is 0 Å². The molecule has 0 saturated heterocycles. The lowest BCUT2D eigenvalue weighted by Crippen LogP contribution is -2.19. The molecule has 16 heavy (non-hydrogen) atoms. The van der Waals surface area contributed by atoms with E-state index in [-0.39, 0.29) is 6.04 Å². The number of fused-ring (bicyclic) bond motifs is 1. The van der Waals surface area contributed by atoms with E-state index in [0.717, 1.165) is 19.3 Å². The minimum atomic E-state index is 0.176. The molecule has 88 valence electrons. The monoisotopic (exact) mass is 218 g/mol. The number of hydrogen-bond donors (Lipinski definition) is 1. The Morgan fingerprint density at radius 1 is 1.38 bits per heavy atom. The minimum absolute atomic E-state index is 0.176. The highest BCUT2D eigenvalue weighted by atomic mass is 14.8. The molecule has 0 amide bonds. The number of aryl methyl sites for hydroxylation is 2. The van der Waals surface area contributed by atoms with Crippen molar-refractivity contribution in [1.29, 1.82) is 0 Å². The third kappa shape index (κ3) is 2.62. The standard InChI is InChI=1S/C14H22N2/c1-2-3-4-7-12-10-9-11-6-5-8-13(15)14(11)16-12/h9-10,13H,2-8,15H2,1H3. The molecule has 0 spiro atoms.